The van der Waals surface area contributed by atoms with E-state index in [1.54, 1.807) is 0 Å². The normalized spacial score (nSPS) is 18.1. The molecule has 0 aromatic heterocycles. The van der Waals surface area contributed by atoms with Gasteiger partial charge in [-0.15, -0.1) is 0 Å². The van der Waals surface area contributed by atoms with Crippen LogP contribution in [0.15, 0.2) is 0 Å². The second kappa shape index (κ2) is 3.36. The van der Waals surface area contributed by atoms with Crippen LogP contribution < -0.4 is 4.74 Å². The summed E-state index contributed by atoms with van der Waals surface area (Å²) in [6, 6.07) is 0. The first-order valence-corrected chi connectivity index (χ1v) is 4.17. The molecule has 1 aromatic carbocycles. The average Bonchev–Trinajstić information content (AvgIpc) is 2.68. The Bertz CT molecular complexity index is 449. The topological polar surface area (TPSA) is 46.5 Å². The van der Waals surface area contributed by atoms with E-state index in [2.05, 4.69) is 4.74 Å². The molecule has 1 N–H and O–H groups in total. The third kappa shape index (κ3) is 1.31. The Morgan fingerprint density at radius 1 is 1.12 bits per heavy atom. The zero-order valence-corrected chi connectivity index (χ0v) is 7.56. The summed E-state index contributed by atoms with van der Waals surface area (Å²) in [5.41, 5.74) is -0.594. The first-order chi connectivity index (χ1) is 7.43. The molecule has 1 heterocycles. The van der Waals surface area contributed by atoms with Crippen LogP contribution in [0.3, 0.4) is 0 Å². The number of hydrogen-bond donors (Lipinski definition) is 1. The minimum Gasteiger partial charge on any atom is -0.478 e. The van der Waals surface area contributed by atoms with Crippen molar-refractivity contribution in [3.05, 3.63) is 28.8 Å². The van der Waals surface area contributed by atoms with Crippen LogP contribution in [-0.4, -0.2) is 17.2 Å². The number of hydrogen-bond acceptors (Lipinski definition) is 2. The van der Waals surface area contributed by atoms with E-state index in [4.69, 9.17) is 5.11 Å². The maximum absolute atomic E-state index is 13.1. The van der Waals surface area contributed by atoms with Gasteiger partial charge in [0.2, 0.25) is 11.6 Å². The van der Waals surface area contributed by atoms with Crippen molar-refractivity contribution in [1.29, 1.82) is 0 Å². The first-order valence-electron chi connectivity index (χ1n) is 4.17. The van der Waals surface area contributed by atoms with Crippen LogP contribution in [0.1, 0.15) is 5.56 Å². The predicted octanol–water partition coefficient (Wildman–Crippen LogP) is 1.63. The standard InChI is InChI=1S/C9H4F4O3/c10-4-2-1-3(9(14)15)16-8(2)7(13)6(12)5(4)11/h3H,1H2,(H,14,15). The van der Waals surface area contributed by atoms with Gasteiger partial charge in [-0.3, -0.25) is 0 Å². The summed E-state index contributed by atoms with van der Waals surface area (Å²) >= 11 is 0. The van der Waals surface area contributed by atoms with Crippen LogP contribution >= 0.6 is 0 Å². The van der Waals surface area contributed by atoms with Crippen molar-refractivity contribution < 1.29 is 32.2 Å². The van der Waals surface area contributed by atoms with Gasteiger partial charge in [0.1, 0.15) is 0 Å². The van der Waals surface area contributed by atoms with E-state index < -0.39 is 53.1 Å². The number of halogens is 4. The molecule has 16 heavy (non-hydrogen) atoms. The third-order valence-corrected chi connectivity index (χ3v) is 2.24. The van der Waals surface area contributed by atoms with Gasteiger partial charge < -0.3 is 9.84 Å². The second-order valence-corrected chi connectivity index (χ2v) is 3.21. The molecule has 0 fully saturated rings. The molecule has 1 aromatic rings. The number of fused-ring (bicyclic) bond motifs is 1. The molecule has 1 unspecified atom stereocenters. The van der Waals surface area contributed by atoms with E-state index in [9.17, 15) is 22.4 Å². The molecular weight excluding hydrogens is 232 g/mol. The number of carboxylic acids is 1. The highest BCUT2D eigenvalue weighted by molar-refractivity contribution is 5.74. The van der Waals surface area contributed by atoms with E-state index in [0.717, 1.165) is 0 Å². The van der Waals surface area contributed by atoms with E-state index in [0.29, 0.717) is 0 Å². The monoisotopic (exact) mass is 236 g/mol. The molecule has 1 atom stereocenters. The fraction of sp³-hybridized carbons (Fsp3) is 0.222. The van der Waals surface area contributed by atoms with Gasteiger partial charge in [0.05, 0.1) is 0 Å². The summed E-state index contributed by atoms with van der Waals surface area (Å²) in [7, 11) is 0. The lowest BCUT2D eigenvalue weighted by atomic mass is 10.1. The molecule has 0 amide bonds. The van der Waals surface area contributed by atoms with E-state index in [1.165, 1.54) is 0 Å². The summed E-state index contributed by atoms with van der Waals surface area (Å²) in [6.07, 6.45) is -2.06. The zero-order chi connectivity index (χ0) is 12.0. The highest BCUT2D eigenvalue weighted by Crippen LogP contribution is 2.36. The average molecular weight is 236 g/mol. The molecule has 1 aliphatic rings. The highest BCUT2D eigenvalue weighted by Gasteiger charge is 2.37. The van der Waals surface area contributed by atoms with Gasteiger partial charge in [-0.05, 0) is 0 Å². The van der Waals surface area contributed by atoms with Crippen LogP contribution in [0.4, 0.5) is 17.6 Å². The van der Waals surface area contributed by atoms with E-state index >= 15 is 0 Å². The molecular formula is C9H4F4O3. The summed E-state index contributed by atoms with van der Waals surface area (Å²) in [5, 5.41) is 8.55. The van der Waals surface area contributed by atoms with E-state index in [1.807, 2.05) is 0 Å². The van der Waals surface area contributed by atoms with Crippen LogP contribution in [0.2, 0.25) is 0 Å². The van der Waals surface area contributed by atoms with Crippen molar-refractivity contribution in [2.45, 2.75) is 12.5 Å². The molecule has 2 rings (SSSR count). The Balaban J connectivity index is 2.57. The lowest BCUT2D eigenvalue weighted by Gasteiger charge is -2.05. The Kier molecular flexibility index (Phi) is 2.25. The van der Waals surface area contributed by atoms with Gasteiger partial charge in [-0.1, -0.05) is 0 Å². The quantitative estimate of drug-likeness (QED) is 0.458. The molecule has 0 saturated heterocycles. The van der Waals surface area contributed by atoms with Crippen molar-refractivity contribution >= 4 is 5.97 Å². The maximum Gasteiger partial charge on any atom is 0.345 e. The van der Waals surface area contributed by atoms with Crippen LogP contribution in [0.5, 0.6) is 5.75 Å². The molecule has 86 valence electrons. The predicted molar refractivity (Wildman–Crippen MR) is 42.0 cm³/mol. The van der Waals surface area contributed by atoms with Crippen LogP contribution in [0, 0.1) is 23.3 Å². The summed E-state index contributed by atoms with van der Waals surface area (Å²) < 4.78 is 56.2. The lowest BCUT2D eigenvalue weighted by molar-refractivity contribution is -0.144. The maximum atomic E-state index is 13.1. The molecule has 1 aliphatic heterocycles. The van der Waals surface area contributed by atoms with Gasteiger partial charge in [0.15, 0.2) is 23.5 Å². The van der Waals surface area contributed by atoms with Crippen molar-refractivity contribution in [2.75, 3.05) is 0 Å². The zero-order valence-electron chi connectivity index (χ0n) is 7.56. The Morgan fingerprint density at radius 3 is 2.25 bits per heavy atom. The smallest absolute Gasteiger partial charge is 0.345 e. The summed E-state index contributed by atoms with van der Waals surface area (Å²) in [6.45, 7) is 0. The number of ether oxygens (including phenoxy) is 1. The SMILES string of the molecule is O=C(O)C1Cc2c(F)c(F)c(F)c(F)c2O1. The largest absolute Gasteiger partial charge is 0.478 e. The lowest BCUT2D eigenvalue weighted by Crippen LogP contribution is -2.24. The Morgan fingerprint density at radius 2 is 1.69 bits per heavy atom. The number of rotatable bonds is 1. The van der Waals surface area contributed by atoms with Crippen LogP contribution in [-0.2, 0) is 11.2 Å². The van der Waals surface area contributed by atoms with Gasteiger partial charge in [-0.25, -0.2) is 18.0 Å². The number of aliphatic carboxylic acids is 1. The van der Waals surface area contributed by atoms with Crippen molar-refractivity contribution in [1.82, 2.24) is 0 Å². The fourth-order valence-corrected chi connectivity index (χ4v) is 1.47. The first kappa shape index (κ1) is 10.7. The van der Waals surface area contributed by atoms with Gasteiger partial charge in [-0.2, -0.15) is 4.39 Å². The fourth-order valence-electron chi connectivity index (χ4n) is 1.47. The second-order valence-electron chi connectivity index (χ2n) is 3.21. The molecule has 0 spiro atoms. The van der Waals surface area contributed by atoms with Crippen molar-refractivity contribution in [3.63, 3.8) is 0 Å². The van der Waals surface area contributed by atoms with Gasteiger partial charge >= 0.3 is 5.97 Å². The molecule has 7 heteroatoms. The van der Waals surface area contributed by atoms with E-state index in [-0.39, 0.29) is 0 Å². The third-order valence-electron chi connectivity index (χ3n) is 2.24. The number of benzene rings is 1. The van der Waals surface area contributed by atoms with Crippen molar-refractivity contribution in [2.24, 2.45) is 0 Å². The molecule has 0 bridgehead atoms. The summed E-state index contributed by atoms with van der Waals surface area (Å²) in [5.74, 6) is -9.64. The summed E-state index contributed by atoms with van der Waals surface area (Å²) in [4.78, 5) is 10.5. The number of carbonyl (C=O) groups is 1. The Hall–Kier alpha value is -1.79. The molecule has 0 aliphatic carbocycles. The number of carboxylic acid groups (broad SMARTS) is 1. The Labute approximate surface area is 86.3 Å². The van der Waals surface area contributed by atoms with Gasteiger partial charge in [0, 0.05) is 12.0 Å². The van der Waals surface area contributed by atoms with Gasteiger partial charge in [0.25, 0.3) is 0 Å². The minimum atomic E-state index is -2.01. The molecule has 0 saturated carbocycles. The molecule has 3 nitrogen and oxygen atoms in total. The highest BCUT2D eigenvalue weighted by atomic mass is 19.2. The van der Waals surface area contributed by atoms with Crippen molar-refractivity contribution in [3.8, 4) is 5.75 Å². The molecule has 0 radical (unpaired) electrons. The minimum absolute atomic E-state index is 0.537. The van der Waals surface area contributed by atoms with Crippen LogP contribution in [0.25, 0.3) is 0 Å².